The van der Waals surface area contributed by atoms with Crippen LogP contribution in [-0.2, 0) is 16.6 Å². The highest BCUT2D eigenvalue weighted by Crippen LogP contribution is 2.25. The lowest BCUT2D eigenvalue weighted by Crippen LogP contribution is -2.27. The Morgan fingerprint density at radius 2 is 2.31 bits per heavy atom. The van der Waals surface area contributed by atoms with Crippen molar-refractivity contribution in [2.45, 2.75) is 32.2 Å². The molecule has 5 heteroatoms. The van der Waals surface area contributed by atoms with Gasteiger partial charge in [0.2, 0.25) is 0 Å². The number of aromatic nitrogens is 2. The van der Waals surface area contributed by atoms with Crippen LogP contribution in [-0.4, -0.2) is 28.9 Å². The first-order valence-corrected chi connectivity index (χ1v) is 5.28. The van der Waals surface area contributed by atoms with Crippen LogP contribution in [0.4, 0.5) is 0 Å². The van der Waals surface area contributed by atoms with Crippen LogP contribution in [0.15, 0.2) is 6.20 Å². The average Bonchev–Trinajstić information content (AvgIpc) is 2.56. The number of hydrogen-bond donors (Lipinski definition) is 1. The third kappa shape index (κ3) is 2.61. The van der Waals surface area contributed by atoms with Crippen molar-refractivity contribution in [3.05, 3.63) is 17.5 Å². The second kappa shape index (κ2) is 5.12. The van der Waals surface area contributed by atoms with Gasteiger partial charge in [-0.25, -0.2) is 0 Å². The van der Waals surface area contributed by atoms with Gasteiger partial charge in [0.05, 0.1) is 19.7 Å². The molecule has 0 amide bonds. The molecular weight excluding hydrogens is 206 g/mol. The van der Waals surface area contributed by atoms with Gasteiger partial charge in [-0.1, -0.05) is 0 Å². The topological polar surface area (TPSA) is 70.1 Å². The van der Waals surface area contributed by atoms with E-state index in [1.54, 1.807) is 10.9 Å². The van der Waals surface area contributed by atoms with E-state index in [2.05, 4.69) is 9.84 Å². The van der Waals surface area contributed by atoms with Crippen molar-refractivity contribution in [3.8, 4) is 0 Å². The smallest absolute Gasteiger partial charge is 0.306 e. The van der Waals surface area contributed by atoms with E-state index in [-0.39, 0.29) is 17.9 Å². The SMILES string of the molecule is COC(=O)CC(c1cnn(C)c1C)C(C)N. The van der Waals surface area contributed by atoms with E-state index in [4.69, 9.17) is 5.73 Å². The molecule has 0 saturated carbocycles. The molecule has 0 saturated heterocycles. The molecule has 1 heterocycles. The number of esters is 1. The van der Waals surface area contributed by atoms with Crippen molar-refractivity contribution in [1.29, 1.82) is 0 Å². The van der Waals surface area contributed by atoms with Gasteiger partial charge in [0.15, 0.2) is 0 Å². The van der Waals surface area contributed by atoms with E-state index < -0.39 is 0 Å². The maximum atomic E-state index is 11.3. The molecule has 2 unspecified atom stereocenters. The van der Waals surface area contributed by atoms with Crippen molar-refractivity contribution in [2.24, 2.45) is 12.8 Å². The summed E-state index contributed by atoms with van der Waals surface area (Å²) in [6.45, 7) is 3.86. The summed E-state index contributed by atoms with van der Waals surface area (Å²) in [5, 5.41) is 4.16. The zero-order valence-electron chi connectivity index (χ0n) is 10.2. The van der Waals surface area contributed by atoms with Crippen LogP contribution in [0.3, 0.4) is 0 Å². The predicted molar refractivity (Wildman–Crippen MR) is 61.0 cm³/mol. The average molecular weight is 225 g/mol. The van der Waals surface area contributed by atoms with E-state index in [0.717, 1.165) is 11.3 Å². The molecule has 0 bridgehead atoms. The van der Waals surface area contributed by atoms with Crippen molar-refractivity contribution in [3.63, 3.8) is 0 Å². The van der Waals surface area contributed by atoms with Crippen molar-refractivity contribution >= 4 is 5.97 Å². The standard InChI is InChI=1S/C11H19N3O2/c1-7(12)9(5-11(15)16-4)10-6-13-14(3)8(10)2/h6-7,9H,5,12H2,1-4H3. The summed E-state index contributed by atoms with van der Waals surface area (Å²) in [5.74, 6) is -0.285. The fraction of sp³-hybridized carbons (Fsp3) is 0.636. The molecule has 0 aliphatic heterocycles. The lowest BCUT2D eigenvalue weighted by molar-refractivity contribution is -0.141. The van der Waals surface area contributed by atoms with Gasteiger partial charge in [-0.05, 0) is 19.4 Å². The molecule has 1 aromatic heterocycles. The largest absolute Gasteiger partial charge is 0.469 e. The van der Waals surface area contributed by atoms with Gasteiger partial charge in [-0.15, -0.1) is 0 Å². The zero-order valence-corrected chi connectivity index (χ0v) is 10.2. The van der Waals surface area contributed by atoms with E-state index in [1.807, 2.05) is 20.9 Å². The van der Waals surface area contributed by atoms with Crippen molar-refractivity contribution in [2.75, 3.05) is 7.11 Å². The molecule has 0 fully saturated rings. The van der Waals surface area contributed by atoms with Crippen LogP contribution in [0.2, 0.25) is 0 Å². The summed E-state index contributed by atoms with van der Waals surface area (Å²) in [6, 6.07) is -0.109. The van der Waals surface area contributed by atoms with Crippen LogP contribution >= 0.6 is 0 Å². The number of ether oxygens (including phenoxy) is 1. The van der Waals surface area contributed by atoms with Crippen LogP contribution < -0.4 is 5.73 Å². The first-order chi connectivity index (χ1) is 7.47. The van der Waals surface area contributed by atoms with Crippen LogP contribution in [0, 0.1) is 6.92 Å². The lowest BCUT2D eigenvalue weighted by atomic mass is 9.90. The lowest BCUT2D eigenvalue weighted by Gasteiger charge is -2.19. The van der Waals surface area contributed by atoms with Gasteiger partial charge in [-0.3, -0.25) is 9.48 Å². The van der Waals surface area contributed by atoms with Crippen LogP contribution in [0.1, 0.15) is 30.5 Å². The fourth-order valence-electron chi connectivity index (χ4n) is 1.72. The Morgan fingerprint density at radius 1 is 1.69 bits per heavy atom. The number of nitrogens with two attached hydrogens (primary N) is 1. The number of aryl methyl sites for hydroxylation is 1. The fourth-order valence-corrected chi connectivity index (χ4v) is 1.72. The highest BCUT2D eigenvalue weighted by Gasteiger charge is 2.23. The van der Waals surface area contributed by atoms with Gasteiger partial charge in [0.25, 0.3) is 0 Å². The molecule has 0 spiro atoms. The van der Waals surface area contributed by atoms with Crippen LogP contribution in [0.25, 0.3) is 0 Å². The Labute approximate surface area is 95.6 Å². The van der Waals surface area contributed by atoms with Gasteiger partial charge in [0, 0.05) is 24.7 Å². The van der Waals surface area contributed by atoms with Crippen LogP contribution in [0.5, 0.6) is 0 Å². The maximum Gasteiger partial charge on any atom is 0.306 e. The molecule has 0 aliphatic rings. The minimum atomic E-state index is -0.245. The predicted octanol–water partition coefficient (Wildman–Crippen LogP) is 0.722. The summed E-state index contributed by atoms with van der Waals surface area (Å²) < 4.78 is 6.46. The minimum Gasteiger partial charge on any atom is -0.469 e. The molecule has 16 heavy (non-hydrogen) atoms. The van der Waals surface area contributed by atoms with Gasteiger partial charge in [-0.2, -0.15) is 5.10 Å². The maximum absolute atomic E-state index is 11.3. The van der Waals surface area contributed by atoms with Crippen molar-refractivity contribution < 1.29 is 9.53 Å². The summed E-state index contributed by atoms with van der Waals surface area (Å²) in [6.07, 6.45) is 2.06. The van der Waals surface area contributed by atoms with Crippen molar-refractivity contribution in [1.82, 2.24) is 9.78 Å². The Balaban J connectivity index is 2.94. The molecule has 1 rings (SSSR count). The van der Waals surface area contributed by atoms with Gasteiger partial charge in [0.1, 0.15) is 0 Å². The molecule has 5 nitrogen and oxygen atoms in total. The Bertz CT molecular complexity index is 371. The summed E-state index contributed by atoms with van der Waals surface area (Å²) in [4.78, 5) is 11.3. The number of carbonyl (C=O) groups is 1. The highest BCUT2D eigenvalue weighted by molar-refractivity contribution is 5.70. The molecule has 0 aromatic carbocycles. The summed E-state index contributed by atoms with van der Waals surface area (Å²) in [7, 11) is 3.26. The first kappa shape index (κ1) is 12.7. The second-order valence-electron chi connectivity index (χ2n) is 4.05. The molecule has 90 valence electrons. The van der Waals surface area contributed by atoms with E-state index in [1.165, 1.54) is 7.11 Å². The third-order valence-electron chi connectivity index (χ3n) is 2.92. The number of rotatable bonds is 4. The molecule has 0 aliphatic carbocycles. The van der Waals surface area contributed by atoms with E-state index >= 15 is 0 Å². The Morgan fingerprint density at radius 3 is 2.69 bits per heavy atom. The van der Waals surface area contributed by atoms with Gasteiger partial charge >= 0.3 is 5.97 Å². The van der Waals surface area contributed by atoms with E-state index in [9.17, 15) is 4.79 Å². The Hall–Kier alpha value is -1.36. The monoisotopic (exact) mass is 225 g/mol. The second-order valence-corrected chi connectivity index (χ2v) is 4.05. The summed E-state index contributed by atoms with van der Waals surface area (Å²) in [5.41, 5.74) is 7.96. The van der Waals surface area contributed by atoms with Gasteiger partial charge < -0.3 is 10.5 Å². The summed E-state index contributed by atoms with van der Waals surface area (Å²) >= 11 is 0. The quantitative estimate of drug-likeness (QED) is 0.767. The molecule has 2 atom stereocenters. The number of methoxy groups -OCH3 is 1. The van der Waals surface area contributed by atoms with E-state index in [0.29, 0.717) is 6.42 Å². The molecule has 2 N–H and O–H groups in total. The normalized spacial score (nSPS) is 14.6. The number of nitrogens with zero attached hydrogens (tertiary/aromatic N) is 2. The third-order valence-corrected chi connectivity index (χ3v) is 2.92. The highest BCUT2D eigenvalue weighted by atomic mass is 16.5. The molecule has 0 radical (unpaired) electrons. The Kier molecular flexibility index (Phi) is 4.06. The minimum absolute atomic E-state index is 0.0406. The first-order valence-electron chi connectivity index (χ1n) is 5.28. The number of carbonyl (C=O) groups excluding carboxylic acids is 1. The zero-order chi connectivity index (χ0) is 12.3. The molecular formula is C11H19N3O2. The number of hydrogen-bond acceptors (Lipinski definition) is 4. The molecule has 1 aromatic rings.